The zero-order chi connectivity index (χ0) is 21.5. The van der Waals surface area contributed by atoms with E-state index in [0.717, 1.165) is 17.5 Å². The molecule has 0 aliphatic rings. The number of carbonyl (C=O) groups is 1. The zero-order valence-electron chi connectivity index (χ0n) is 17.5. The summed E-state index contributed by atoms with van der Waals surface area (Å²) in [5.41, 5.74) is 4.56. The molecular weight excluding hydrogens is 390 g/mol. The second kappa shape index (κ2) is 9.84. The van der Waals surface area contributed by atoms with Gasteiger partial charge in [-0.25, -0.2) is 0 Å². The van der Waals surface area contributed by atoms with E-state index < -0.39 is 0 Å². The van der Waals surface area contributed by atoms with Gasteiger partial charge < -0.3 is 9.73 Å². The first-order chi connectivity index (χ1) is 15.2. The number of hydrogen-bond acceptors (Lipinski definition) is 5. The fourth-order valence-corrected chi connectivity index (χ4v) is 3.34. The first-order valence-electron chi connectivity index (χ1n) is 10.4. The van der Waals surface area contributed by atoms with Gasteiger partial charge in [-0.15, -0.1) is 10.2 Å². The smallest absolute Gasteiger partial charge is 0.220 e. The molecule has 1 N–H and O–H groups in total. The van der Waals surface area contributed by atoms with Crippen LogP contribution in [0.3, 0.4) is 0 Å². The Morgan fingerprint density at radius 3 is 2.42 bits per heavy atom. The number of nitrogens with one attached hydrogen (secondary N) is 1. The van der Waals surface area contributed by atoms with Crippen molar-refractivity contribution in [2.45, 2.75) is 25.7 Å². The molecule has 7 nitrogen and oxygen atoms in total. The molecule has 31 heavy (non-hydrogen) atoms. The van der Waals surface area contributed by atoms with Gasteiger partial charge in [0.1, 0.15) is 0 Å². The van der Waals surface area contributed by atoms with E-state index in [9.17, 15) is 4.79 Å². The molecule has 0 bridgehead atoms. The molecular formula is C24H25N5O2. The molecule has 158 valence electrons. The average Bonchev–Trinajstić information content (AvgIpc) is 3.42. The first kappa shape index (κ1) is 20.5. The van der Waals surface area contributed by atoms with Gasteiger partial charge in [0.15, 0.2) is 0 Å². The van der Waals surface area contributed by atoms with E-state index >= 15 is 0 Å². The number of nitrogens with zero attached hydrogens (tertiary/aromatic N) is 4. The van der Waals surface area contributed by atoms with Crippen molar-refractivity contribution in [2.75, 3.05) is 6.54 Å². The molecule has 0 aliphatic carbocycles. The van der Waals surface area contributed by atoms with Gasteiger partial charge in [-0.2, -0.15) is 5.10 Å². The number of aromatic nitrogens is 4. The van der Waals surface area contributed by atoms with Crippen LogP contribution in [0.5, 0.6) is 0 Å². The van der Waals surface area contributed by atoms with Crippen molar-refractivity contribution in [1.29, 1.82) is 0 Å². The van der Waals surface area contributed by atoms with Crippen LogP contribution in [0.2, 0.25) is 0 Å². The summed E-state index contributed by atoms with van der Waals surface area (Å²) in [6.07, 6.45) is 5.83. The predicted octanol–water partition coefficient (Wildman–Crippen LogP) is 3.35. The molecule has 2 aromatic heterocycles. The fraction of sp³-hybridized carbons (Fsp3) is 0.250. The second-order valence-corrected chi connectivity index (χ2v) is 7.45. The minimum absolute atomic E-state index is 0.0276. The number of amides is 1. The van der Waals surface area contributed by atoms with Crippen LogP contribution < -0.4 is 5.32 Å². The van der Waals surface area contributed by atoms with E-state index in [0.29, 0.717) is 37.6 Å². The van der Waals surface area contributed by atoms with Gasteiger partial charge in [0.2, 0.25) is 17.7 Å². The van der Waals surface area contributed by atoms with Crippen molar-refractivity contribution in [1.82, 2.24) is 25.3 Å². The molecule has 0 atom stereocenters. The average molecular weight is 415 g/mol. The van der Waals surface area contributed by atoms with Crippen LogP contribution >= 0.6 is 0 Å². The first-order valence-corrected chi connectivity index (χ1v) is 10.4. The Hall–Kier alpha value is -3.74. The van der Waals surface area contributed by atoms with Gasteiger partial charge >= 0.3 is 0 Å². The zero-order valence-corrected chi connectivity index (χ0v) is 17.5. The summed E-state index contributed by atoms with van der Waals surface area (Å²) in [5, 5.41) is 15.2. The monoisotopic (exact) mass is 415 g/mol. The number of carbonyl (C=O) groups excluding carboxylic acids is 1. The highest BCUT2D eigenvalue weighted by molar-refractivity contribution is 5.76. The standard InChI is InChI=1S/C24H25N5O2/c1-29-17-19(16-26-29)13-14-25-22(30)11-12-23-27-28-24(31-23)15-18-7-9-21(10-8-18)20-5-3-2-4-6-20/h2-10,16-17H,11-15H2,1H3,(H,25,30). The Morgan fingerprint density at radius 1 is 0.935 bits per heavy atom. The molecule has 4 rings (SSSR count). The molecule has 7 heteroatoms. The molecule has 0 saturated carbocycles. The van der Waals surface area contributed by atoms with Crippen molar-refractivity contribution in [2.24, 2.45) is 7.05 Å². The largest absolute Gasteiger partial charge is 0.425 e. The van der Waals surface area contributed by atoms with Gasteiger partial charge in [-0.05, 0) is 28.7 Å². The maximum atomic E-state index is 12.0. The van der Waals surface area contributed by atoms with Crippen molar-refractivity contribution in [3.63, 3.8) is 0 Å². The van der Waals surface area contributed by atoms with Gasteiger partial charge in [-0.1, -0.05) is 54.6 Å². The Bertz CT molecular complexity index is 1120. The minimum atomic E-state index is -0.0276. The van der Waals surface area contributed by atoms with Crippen LogP contribution in [-0.2, 0) is 31.1 Å². The van der Waals surface area contributed by atoms with Crippen LogP contribution in [0.15, 0.2) is 71.4 Å². The van der Waals surface area contributed by atoms with Crippen molar-refractivity contribution >= 4 is 5.91 Å². The number of benzene rings is 2. The van der Waals surface area contributed by atoms with Gasteiger partial charge in [0, 0.05) is 32.6 Å². The molecule has 1 amide bonds. The van der Waals surface area contributed by atoms with Crippen LogP contribution in [0.4, 0.5) is 0 Å². The van der Waals surface area contributed by atoms with E-state index in [2.05, 4.69) is 57.0 Å². The highest BCUT2D eigenvalue weighted by atomic mass is 16.4. The molecule has 0 fully saturated rings. The summed E-state index contributed by atoms with van der Waals surface area (Å²) in [4.78, 5) is 12.0. The SMILES string of the molecule is Cn1cc(CCNC(=O)CCc2nnc(Cc3ccc(-c4ccccc4)cc3)o2)cn1. The maximum Gasteiger partial charge on any atom is 0.220 e. The van der Waals surface area contributed by atoms with Crippen LogP contribution in [-0.4, -0.2) is 32.4 Å². The lowest BCUT2D eigenvalue weighted by atomic mass is 10.0. The summed E-state index contributed by atoms with van der Waals surface area (Å²) in [6, 6.07) is 18.6. The minimum Gasteiger partial charge on any atom is -0.425 e. The van der Waals surface area contributed by atoms with E-state index in [1.165, 1.54) is 11.1 Å². The predicted molar refractivity (Wildman–Crippen MR) is 117 cm³/mol. The summed E-state index contributed by atoms with van der Waals surface area (Å²) in [7, 11) is 1.88. The summed E-state index contributed by atoms with van der Waals surface area (Å²) in [6.45, 7) is 0.582. The van der Waals surface area contributed by atoms with Crippen LogP contribution in [0, 0.1) is 0 Å². The third kappa shape index (κ3) is 5.88. The van der Waals surface area contributed by atoms with Crippen molar-refractivity contribution in [3.05, 3.63) is 89.9 Å². The highest BCUT2D eigenvalue weighted by Crippen LogP contribution is 2.20. The third-order valence-corrected chi connectivity index (χ3v) is 4.99. The molecule has 2 heterocycles. The topological polar surface area (TPSA) is 85.8 Å². The van der Waals surface area contributed by atoms with Gasteiger partial charge in [0.25, 0.3) is 0 Å². The normalized spacial score (nSPS) is 10.9. The summed E-state index contributed by atoms with van der Waals surface area (Å²) >= 11 is 0. The molecule has 0 saturated heterocycles. The van der Waals surface area contributed by atoms with E-state index in [-0.39, 0.29) is 5.91 Å². The Morgan fingerprint density at radius 2 is 1.68 bits per heavy atom. The van der Waals surface area contributed by atoms with Crippen molar-refractivity contribution in [3.8, 4) is 11.1 Å². The van der Waals surface area contributed by atoms with Crippen LogP contribution in [0.1, 0.15) is 29.3 Å². The lowest BCUT2D eigenvalue weighted by Crippen LogP contribution is -2.25. The quantitative estimate of drug-likeness (QED) is 0.453. The molecule has 0 aliphatic heterocycles. The lowest BCUT2D eigenvalue weighted by Gasteiger charge is -2.03. The lowest BCUT2D eigenvalue weighted by molar-refractivity contribution is -0.121. The molecule has 0 spiro atoms. The second-order valence-electron chi connectivity index (χ2n) is 7.45. The maximum absolute atomic E-state index is 12.0. The summed E-state index contributed by atoms with van der Waals surface area (Å²) < 4.78 is 7.47. The Labute approximate surface area is 181 Å². The van der Waals surface area contributed by atoms with E-state index in [1.807, 2.05) is 31.4 Å². The Kier molecular flexibility index (Phi) is 6.52. The van der Waals surface area contributed by atoms with Gasteiger partial charge in [-0.3, -0.25) is 9.48 Å². The van der Waals surface area contributed by atoms with Crippen molar-refractivity contribution < 1.29 is 9.21 Å². The van der Waals surface area contributed by atoms with E-state index in [4.69, 9.17) is 4.42 Å². The number of hydrogen-bond donors (Lipinski definition) is 1. The van der Waals surface area contributed by atoms with Gasteiger partial charge in [0.05, 0.1) is 12.6 Å². The number of rotatable bonds is 9. The summed E-state index contributed by atoms with van der Waals surface area (Å²) in [5.74, 6) is 1.01. The fourth-order valence-electron chi connectivity index (χ4n) is 3.34. The highest BCUT2D eigenvalue weighted by Gasteiger charge is 2.10. The number of aryl methyl sites for hydroxylation is 2. The van der Waals surface area contributed by atoms with E-state index in [1.54, 1.807) is 10.9 Å². The molecule has 4 aromatic rings. The molecule has 0 unspecified atom stereocenters. The molecule has 2 aromatic carbocycles. The molecule has 0 radical (unpaired) electrons. The van der Waals surface area contributed by atoms with Crippen LogP contribution in [0.25, 0.3) is 11.1 Å². The third-order valence-electron chi connectivity index (χ3n) is 4.99. The Balaban J connectivity index is 1.22.